The molecule has 0 aromatic heterocycles. The number of nitrogens with one attached hydrogen (secondary N) is 1. The van der Waals surface area contributed by atoms with E-state index in [0.717, 1.165) is 81.0 Å². The highest BCUT2D eigenvalue weighted by Gasteiger charge is 2.25. The Hall–Kier alpha value is -3.06. The van der Waals surface area contributed by atoms with Crippen LogP contribution in [0.1, 0.15) is 37.3 Å². The molecule has 1 fully saturated rings. The number of halogens is 3. The first-order valence-electron chi connectivity index (χ1n) is 13.6. The van der Waals surface area contributed by atoms with Gasteiger partial charge in [-0.25, -0.2) is 8.78 Å². The minimum absolute atomic E-state index is 0.219. The standard InChI is InChI=1S/C32H37ClF2N4/c1-25(14-18-37-31-5-2-4-28(33)22-31)36-17-3-19-38-20-15-32(16-21-38)39(23-26-6-10-29(34)11-7-26)24-27-8-12-30(35)13-9-27/h2,4-14,18,22,32,36H,3,15-17,19-21,23-24H2,1H3/b25-14+,37-18?. The van der Waals surface area contributed by atoms with Crippen LogP contribution in [0.2, 0.25) is 5.02 Å². The van der Waals surface area contributed by atoms with Crippen LogP contribution in [0.15, 0.2) is 89.6 Å². The molecule has 3 aromatic rings. The lowest BCUT2D eigenvalue weighted by Crippen LogP contribution is -2.44. The maximum absolute atomic E-state index is 13.4. The van der Waals surface area contributed by atoms with Crippen LogP contribution in [0.25, 0.3) is 0 Å². The molecule has 206 valence electrons. The Balaban J connectivity index is 1.22. The number of rotatable bonds is 12. The van der Waals surface area contributed by atoms with Gasteiger partial charge < -0.3 is 10.2 Å². The molecular formula is C32H37ClF2N4. The first-order chi connectivity index (χ1) is 18.9. The summed E-state index contributed by atoms with van der Waals surface area (Å²) in [5, 5.41) is 4.15. The van der Waals surface area contributed by atoms with Crippen molar-refractivity contribution >= 4 is 23.5 Å². The van der Waals surface area contributed by atoms with Crippen LogP contribution in [0, 0.1) is 11.6 Å². The van der Waals surface area contributed by atoms with Crippen LogP contribution in [-0.2, 0) is 13.1 Å². The lowest BCUT2D eigenvalue weighted by Gasteiger charge is -2.39. The minimum atomic E-state index is -0.219. The van der Waals surface area contributed by atoms with Crippen molar-refractivity contribution in [1.29, 1.82) is 0 Å². The highest BCUT2D eigenvalue weighted by Crippen LogP contribution is 2.22. The summed E-state index contributed by atoms with van der Waals surface area (Å²) < 4.78 is 26.9. The Morgan fingerprint density at radius 3 is 2.18 bits per heavy atom. The average Bonchev–Trinajstić information content (AvgIpc) is 2.93. The van der Waals surface area contributed by atoms with Crippen LogP contribution in [0.5, 0.6) is 0 Å². The Kier molecular flexibility index (Phi) is 11.1. The predicted octanol–water partition coefficient (Wildman–Crippen LogP) is 7.37. The smallest absolute Gasteiger partial charge is 0.123 e. The van der Waals surface area contributed by atoms with E-state index in [1.807, 2.05) is 61.5 Å². The van der Waals surface area contributed by atoms with E-state index in [-0.39, 0.29) is 11.6 Å². The van der Waals surface area contributed by atoms with Crippen molar-refractivity contribution in [2.45, 2.75) is 45.3 Å². The molecule has 0 aliphatic carbocycles. The lowest BCUT2D eigenvalue weighted by molar-refractivity contribution is 0.0960. The first-order valence-corrected chi connectivity index (χ1v) is 14.0. The van der Waals surface area contributed by atoms with E-state index in [1.165, 1.54) is 24.3 Å². The zero-order valence-corrected chi connectivity index (χ0v) is 23.3. The van der Waals surface area contributed by atoms with Crippen LogP contribution >= 0.6 is 11.6 Å². The zero-order chi connectivity index (χ0) is 27.5. The van der Waals surface area contributed by atoms with Gasteiger partial charge in [-0.15, -0.1) is 0 Å². The van der Waals surface area contributed by atoms with E-state index >= 15 is 0 Å². The first kappa shape index (κ1) is 28.9. The Labute approximate surface area is 236 Å². The summed E-state index contributed by atoms with van der Waals surface area (Å²) in [6, 6.07) is 21.4. The number of aliphatic imine (C=N–C) groups is 1. The highest BCUT2D eigenvalue weighted by molar-refractivity contribution is 6.30. The van der Waals surface area contributed by atoms with E-state index < -0.39 is 0 Å². The third-order valence-electron chi connectivity index (χ3n) is 7.08. The third-order valence-corrected chi connectivity index (χ3v) is 7.32. The fourth-order valence-corrected chi connectivity index (χ4v) is 5.09. The van der Waals surface area contributed by atoms with Gasteiger partial charge in [-0.05, 0) is 105 Å². The molecule has 0 bridgehead atoms. The summed E-state index contributed by atoms with van der Waals surface area (Å²) in [6.45, 7) is 7.61. The number of hydrogen-bond acceptors (Lipinski definition) is 4. The zero-order valence-electron chi connectivity index (χ0n) is 22.5. The number of piperidine rings is 1. The Morgan fingerprint density at radius 2 is 1.59 bits per heavy atom. The molecule has 1 heterocycles. The van der Waals surface area contributed by atoms with Gasteiger partial charge in [-0.2, -0.15) is 0 Å². The molecule has 0 amide bonds. The number of allylic oxidation sites excluding steroid dienone is 2. The van der Waals surface area contributed by atoms with Crippen LogP contribution in [0.4, 0.5) is 14.5 Å². The van der Waals surface area contributed by atoms with Crippen LogP contribution in [-0.4, -0.2) is 48.2 Å². The molecule has 7 heteroatoms. The molecule has 0 saturated carbocycles. The monoisotopic (exact) mass is 550 g/mol. The molecule has 1 saturated heterocycles. The van der Waals surface area contributed by atoms with Crippen molar-refractivity contribution in [2.75, 3.05) is 26.2 Å². The summed E-state index contributed by atoms with van der Waals surface area (Å²) in [5.41, 5.74) is 4.10. The topological polar surface area (TPSA) is 30.9 Å². The summed E-state index contributed by atoms with van der Waals surface area (Å²) in [6.07, 6.45) is 6.99. The van der Waals surface area contributed by atoms with Crippen molar-refractivity contribution in [2.24, 2.45) is 4.99 Å². The SMILES string of the molecule is C/C(=C\C=Nc1cccc(Cl)c1)NCCCN1CCC(N(Cc2ccc(F)cc2)Cc2ccc(F)cc2)CC1. The molecule has 4 nitrogen and oxygen atoms in total. The van der Waals surface area contributed by atoms with E-state index in [9.17, 15) is 8.78 Å². The quantitative estimate of drug-likeness (QED) is 0.189. The number of benzene rings is 3. The third kappa shape index (κ3) is 9.88. The summed E-state index contributed by atoms with van der Waals surface area (Å²) in [5.74, 6) is -0.439. The molecular weight excluding hydrogens is 514 g/mol. The average molecular weight is 551 g/mol. The molecule has 1 aliphatic rings. The lowest BCUT2D eigenvalue weighted by atomic mass is 10.0. The van der Waals surface area contributed by atoms with Gasteiger partial charge in [0.2, 0.25) is 0 Å². The number of hydrogen-bond donors (Lipinski definition) is 1. The molecule has 0 unspecified atom stereocenters. The van der Waals surface area contributed by atoms with E-state index in [2.05, 4.69) is 20.1 Å². The van der Waals surface area contributed by atoms with Gasteiger partial charge in [0.15, 0.2) is 0 Å². The van der Waals surface area contributed by atoms with E-state index in [0.29, 0.717) is 11.1 Å². The summed E-state index contributed by atoms with van der Waals surface area (Å²) in [4.78, 5) is 9.41. The molecule has 0 radical (unpaired) electrons. The molecule has 1 aliphatic heterocycles. The molecule has 0 spiro atoms. The Morgan fingerprint density at radius 1 is 0.974 bits per heavy atom. The normalized spacial score (nSPS) is 15.4. The van der Waals surface area contributed by atoms with Gasteiger partial charge in [0.1, 0.15) is 11.6 Å². The van der Waals surface area contributed by atoms with Crippen molar-refractivity contribution in [3.05, 3.63) is 112 Å². The van der Waals surface area contributed by atoms with Gasteiger partial charge in [-0.1, -0.05) is 41.9 Å². The largest absolute Gasteiger partial charge is 0.388 e. The molecule has 3 aromatic carbocycles. The second-order valence-corrected chi connectivity index (χ2v) is 10.6. The summed E-state index contributed by atoms with van der Waals surface area (Å²) >= 11 is 6.00. The van der Waals surface area contributed by atoms with Crippen molar-refractivity contribution in [3.8, 4) is 0 Å². The van der Waals surface area contributed by atoms with Crippen molar-refractivity contribution in [3.63, 3.8) is 0 Å². The van der Waals surface area contributed by atoms with Gasteiger partial charge >= 0.3 is 0 Å². The second kappa shape index (κ2) is 14.9. The highest BCUT2D eigenvalue weighted by atomic mass is 35.5. The number of nitrogens with zero attached hydrogens (tertiary/aromatic N) is 3. The van der Waals surface area contributed by atoms with Crippen LogP contribution in [0.3, 0.4) is 0 Å². The fourth-order valence-electron chi connectivity index (χ4n) is 4.91. The molecule has 4 rings (SSSR count). The number of likely N-dealkylation sites (tertiary alicyclic amines) is 1. The predicted molar refractivity (Wildman–Crippen MR) is 157 cm³/mol. The van der Waals surface area contributed by atoms with Gasteiger partial charge in [0.05, 0.1) is 5.69 Å². The van der Waals surface area contributed by atoms with Gasteiger partial charge in [0, 0.05) is 42.6 Å². The maximum atomic E-state index is 13.4. The maximum Gasteiger partial charge on any atom is 0.123 e. The van der Waals surface area contributed by atoms with E-state index in [1.54, 1.807) is 6.21 Å². The van der Waals surface area contributed by atoms with Crippen molar-refractivity contribution < 1.29 is 8.78 Å². The Bertz CT molecular complexity index is 1170. The van der Waals surface area contributed by atoms with Gasteiger partial charge in [-0.3, -0.25) is 9.89 Å². The van der Waals surface area contributed by atoms with Crippen LogP contribution < -0.4 is 5.32 Å². The molecule has 39 heavy (non-hydrogen) atoms. The summed E-state index contributed by atoms with van der Waals surface area (Å²) in [7, 11) is 0. The van der Waals surface area contributed by atoms with Gasteiger partial charge in [0.25, 0.3) is 0 Å². The molecule has 0 atom stereocenters. The fraction of sp³-hybridized carbons (Fsp3) is 0.344. The van der Waals surface area contributed by atoms with Crippen molar-refractivity contribution in [1.82, 2.24) is 15.1 Å². The van der Waals surface area contributed by atoms with E-state index in [4.69, 9.17) is 11.6 Å². The second-order valence-electron chi connectivity index (χ2n) is 10.1. The molecule has 1 N–H and O–H groups in total. The minimum Gasteiger partial charge on any atom is -0.388 e.